The molecule has 476 valence electrons. The number of esters is 2. The van der Waals surface area contributed by atoms with Crippen molar-refractivity contribution >= 4 is 17.9 Å². The minimum Gasteiger partial charge on any atom is -0.477 e. The summed E-state index contributed by atoms with van der Waals surface area (Å²) in [4.78, 5) is 37.5. The largest absolute Gasteiger partial charge is 0.477 e. The highest BCUT2D eigenvalue weighted by Gasteiger charge is 2.25. The van der Waals surface area contributed by atoms with E-state index in [4.69, 9.17) is 18.9 Å². The molecule has 0 bridgehead atoms. The van der Waals surface area contributed by atoms with Gasteiger partial charge in [0.15, 0.2) is 6.10 Å². The molecule has 83 heavy (non-hydrogen) atoms. The molecule has 0 aliphatic carbocycles. The zero-order chi connectivity index (χ0) is 60.5. The molecule has 0 saturated heterocycles. The van der Waals surface area contributed by atoms with Gasteiger partial charge < -0.3 is 28.5 Å². The molecule has 0 heterocycles. The molecule has 0 aliphatic heterocycles. The van der Waals surface area contributed by atoms with Gasteiger partial charge in [-0.05, 0) is 96.3 Å². The van der Waals surface area contributed by atoms with Crippen molar-refractivity contribution < 1.29 is 42.9 Å². The maximum atomic E-state index is 12.9. The fraction of sp³-hybridized carbons (Fsp3) is 0.716. The summed E-state index contributed by atoms with van der Waals surface area (Å²) in [7, 11) is 5.97. The van der Waals surface area contributed by atoms with E-state index in [-0.39, 0.29) is 38.6 Å². The summed E-state index contributed by atoms with van der Waals surface area (Å²) in [5, 5.41) is 9.73. The van der Waals surface area contributed by atoms with E-state index in [1.165, 1.54) is 148 Å². The number of allylic oxidation sites excluding steroid dienone is 18. The summed E-state index contributed by atoms with van der Waals surface area (Å²) >= 11 is 0. The van der Waals surface area contributed by atoms with Crippen LogP contribution in [0.4, 0.5) is 0 Å². The van der Waals surface area contributed by atoms with Crippen molar-refractivity contribution in [3.05, 3.63) is 109 Å². The minimum absolute atomic E-state index is 0.182. The lowest BCUT2D eigenvalue weighted by molar-refractivity contribution is -0.870. The molecule has 0 aliphatic rings. The Morgan fingerprint density at radius 2 is 0.651 bits per heavy atom. The SMILES string of the molecule is CC/C=C\C/C=C\C/C=C\C/C=C\C/C=C\CCCCCCCCCCCCCCCCCCCCCCCCCC(=O)OC(COC(=O)CCCCCCCC/C=C\C/C=C\C/C=C\C/C=C\CC)COC(OCC[N+](C)(C)C)C(=O)O. The lowest BCUT2D eigenvalue weighted by atomic mass is 10.0. The summed E-state index contributed by atoms with van der Waals surface area (Å²) in [5.41, 5.74) is 0. The first-order valence-electron chi connectivity index (χ1n) is 34.1. The molecule has 0 rings (SSSR count). The summed E-state index contributed by atoms with van der Waals surface area (Å²) in [6.45, 7) is 4.65. The molecule has 0 spiro atoms. The number of carboxylic acids is 1. The van der Waals surface area contributed by atoms with Gasteiger partial charge in [0.05, 0.1) is 34.4 Å². The number of nitrogens with zero attached hydrogens (tertiary/aromatic N) is 1. The molecule has 0 radical (unpaired) electrons. The third-order valence-corrected chi connectivity index (χ3v) is 14.5. The first-order valence-corrected chi connectivity index (χ1v) is 34.1. The number of hydrogen-bond acceptors (Lipinski definition) is 7. The van der Waals surface area contributed by atoms with Gasteiger partial charge in [-0.15, -0.1) is 0 Å². The number of likely N-dealkylation sites (N-methyl/N-ethyl adjacent to an activating group) is 1. The Kier molecular flexibility index (Phi) is 60.8. The number of aliphatic carboxylic acids is 1. The second kappa shape index (κ2) is 64.0. The zero-order valence-electron chi connectivity index (χ0n) is 54.3. The standard InChI is InChI=1S/C74H127NO8/c1-6-8-10-12-14-16-18-20-22-24-26-27-28-29-30-31-32-33-34-35-36-37-38-39-40-41-42-43-44-45-47-49-51-53-55-57-59-61-63-65-72(77)83-70(69-82-74(73(78)79)80-67-66-75(3,4)5)68-81-71(76)64-62-60-58-56-54-52-50-48-46-25-23-21-19-17-15-13-11-9-7-2/h8-11,14-17,20-23,26-27,29-30,46,48,70,74H,6-7,12-13,18-19,24-25,28,31-45,47,49-69H2,1-5H3/p+1/b10-8-,11-9-,16-14-,17-15-,22-20-,23-21-,27-26-,30-29-,48-46-. The predicted molar refractivity (Wildman–Crippen MR) is 355 cm³/mol. The molecule has 0 amide bonds. The van der Waals surface area contributed by atoms with Crippen LogP contribution in [0, 0.1) is 0 Å². The van der Waals surface area contributed by atoms with Gasteiger partial charge in [0, 0.05) is 12.8 Å². The van der Waals surface area contributed by atoms with E-state index in [0.717, 1.165) is 109 Å². The molecule has 9 heteroatoms. The van der Waals surface area contributed by atoms with E-state index in [1.807, 2.05) is 21.1 Å². The lowest BCUT2D eigenvalue weighted by Gasteiger charge is -2.25. The highest BCUT2D eigenvalue weighted by atomic mass is 16.7. The second-order valence-corrected chi connectivity index (χ2v) is 23.7. The summed E-state index contributed by atoms with van der Waals surface area (Å²) < 4.78 is 22.9. The minimum atomic E-state index is -1.52. The Labute approximate surface area is 511 Å². The van der Waals surface area contributed by atoms with E-state index in [0.29, 0.717) is 11.0 Å². The fourth-order valence-corrected chi connectivity index (χ4v) is 9.39. The molecule has 0 saturated carbocycles. The molecule has 2 unspecified atom stereocenters. The fourth-order valence-electron chi connectivity index (χ4n) is 9.39. The maximum Gasteiger partial charge on any atom is 0.361 e. The average Bonchev–Trinajstić information content (AvgIpc) is 3.46. The summed E-state index contributed by atoms with van der Waals surface area (Å²) in [6, 6.07) is 0. The highest BCUT2D eigenvalue weighted by Crippen LogP contribution is 2.17. The van der Waals surface area contributed by atoms with Gasteiger partial charge in [0.25, 0.3) is 6.29 Å². The van der Waals surface area contributed by atoms with E-state index < -0.39 is 24.3 Å². The Morgan fingerprint density at radius 1 is 0.361 bits per heavy atom. The van der Waals surface area contributed by atoms with Gasteiger partial charge in [0.2, 0.25) is 0 Å². The number of rotatable bonds is 62. The molecular weight excluding hydrogens is 1030 g/mol. The molecular formula is C74H128NO8+. The van der Waals surface area contributed by atoms with Gasteiger partial charge in [-0.2, -0.15) is 0 Å². The Balaban J connectivity index is 4.03. The van der Waals surface area contributed by atoms with Gasteiger partial charge >= 0.3 is 17.9 Å². The van der Waals surface area contributed by atoms with Crippen molar-refractivity contribution in [2.24, 2.45) is 0 Å². The number of unbranched alkanes of at least 4 members (excludes halogenated alkanes) is 29. The first-order chi connectivity index (χ1) is 40.6. The van der Waals surface area contributed by atoms with Crippen LogP contribution in [0.25, 0.3) is 0 Å². The van der Waals surface area contributed by atoms with Crippen molar-refractivity contribution in [2.45, 2.75) is 296 Å². The van der Waals surface area contributed by atoms with E-state index in [9.17, 15) is 19.5 Å². The topological polar surface area (TPSA) is 108 Å². The highest BCUT2D eigenvalue weighted by molar-refractivity contribution is 5.71. The molecule has 0 aromatic rings. The van der Waals surface area contributed by atoms with Gasteiger partial charge in [-0.1, -0.05) is 284 Å². The van der Waals surface area contributed by atoms with Crippen LogP contribution in [0.3, 0.4) is 0 Å². The number of carboxylic acid groups (broad SMARTS) is 1. The summed E-state index contributed by atoms with van der Waals surface area (Å²) in [5.74, 6) is -2.02. The third-order valence-electron chi connectivity index (χ3n) is 14.5. The van der Waals surface area contributed by atoms with Crippen LogP contribution in [0.1, 0.15) is 284 Å². The van der Waals surface area contributed by atoms with Crippen molar-refractivity contribution in [3.8, 4) is 0 Å². The molecule has 9 nitrogen and oxygen atoms in total. The van der Waals surface area contributed by atoms with Crippen molar-refractivity contribution in [2.75, 3.05) is 47.5 Å². The van der Waals surface area contributed by atoms with Crippen LogP contribution >= 0.6 is 0 Å². The van der Waals surface area contributed by atoms with Crippen LogP contribution < -0.4 is 0 Å². The van der Waals surface area contributed by atoms with E-state index in [2.05, 4.69) is 123 Å². The monoisotopic (exact) mass is 1160 g/mol. The van der Waals surface area contributed by atoms with Crippen LogP contribution in [-0.4, -0.2) is 87.4 Å². The normalized spacial score (nSPS) is 13.4. The molecule has 1 N–H and O–H groups in total. The quantitative estimate of drug-likeness (QED) is 0.0211. The van der Waals surface area contributed by atoms with Gasteiger partial charge in [0.1, 0.15) is 13.2 Å². The smallest absolute Gasteiger partial charge is 0.361 e. The van der Waals surface area contributed by atoms with Crippen molar-refractivity contribution in [3.63, 3.8) is 0 Å². The lowest BCUT2D eigenvalue weighted by Crippen LogP contribution is -2.40. The van der Waals surface area contributed by atoms with Crippen LogP contribution in [0.15, 0.2) is 109 Å². The Bertz CT molecular complexity index is 1730. The number of hydrogen-bond donors (Lipinski definition) is 1. The first kappa shape index (κ1) is 79.0. The number of carbonyl (C=O) groups excluding carboxylic acids is 2. The third kappa shape index (κ3) is 65.3. The maximum absolute atomic E-state index is 12.9. The van der Waals surface area contributed by atoms with Gasteiger partial charge in [-0.25, -0.2) is 4.79 Å². The summed E-state index contributed by atoms with van der Waals surface area (Å²) in [6.07, 6.45) is 86.4. The van der Waals surface area contributed by atoms with Gasteiger partial charge in [-0.3, -0.25) is 9.59 Å². The molecule has 0 aromatic carbocycles. The van der Waals surface area contributed by atoms with Crippen LogP contribution in [0.2, 0.25) is 0 Å². The Morgan fingerprint density at radius 3 is 0.964 bits per heavy atom. The average molecular weight is 1160 g/mol. The zero-order valence-corrected chi connectivity index (χ0v) is 54.3. The number of quaternary nitrogens is 1. The van der Waals surface area contributed by atoms with E-state index >= 15 is 0 Å². The Hall–Kier alpha value is -4.05. The van der Waals surface area contributed by atoms with Crippen LogP contribution in [-0.2, 0) is 33.3 Å². The van der Waals surface area contributed by atoms with Crippen LogP contribution in [0.5, 0.6) is 0 Å². The molecule has 2 atom stereocenters. The van der Waals surface area contributed by atoms with Crippen molar-refractivity contribution in [1.82, 2.24) is 0 Å². The number of carbonyl (C=O) groups is 3. The van der Waals surface area contributed by atoms with E-state index in [1.54, 1.807) is 0 Å². The van der Waals surface area contributed by atoms with Crippen molar-refractivity contribution in [1.29, 1.82) is 0 Å². The second-order valence-electron chi connectivity index (χ2n) is 23.7. The predicted octanol–water partition coefficient (Wildman–Crippen LogP) is 21.0. The molecule has 0 aromatic heterocycles. The molecule has 0 fully saturated rings. The number of ether oxygens (including phenoxy) is 4.